The third-order valence-electron chi connectivity index (χ3n) is 3.34. The molecular formula is C17H14BrNO5. The number of hydrogen-bond donors (Lipinski definition) is 1. The summed E-state index contributed by atoms with van der Waals surface area (Å²) < 4.78 is 16.7. The molecule has 1 heterocycles. The summed E-state index contributed by atoms with van der Waals surface area (Å²) in [7, 11) is 0. The Hall–Kier alpha value is -2.54. The molecular weight excluding hydrogens is 378 g/mol. The lowest BCUT2D eigenvalue weighted by Crippen LogP contribution is -2.20. The molecule has 2 aromatic carbocycles. The van der Waals surface area contributed by atoms with Crippen LogP contribution >= 0.6 is 15.9 Å². The second kappa shape index (κ2) is 6.92. The first-order valence-electron chi connectivity index (χ1n) is 7.16. The van der Waals surface area contributed by atoms with Crippen molar-refractivity contribution in [2.45, 2.75) is 6.92 Å². The molecule has 1 amide bonds. The van der Waals surface area contributed by atoms with Gasteiger partial charge in [-0.2, -0.15) is 0 Å². The normalized spacial score (nSPS) is 11.9. The molecule has 0 spiro atoms. The average Bonchev–Trinajstić information content (AvgIpc) is 3.01. The third kappa shape index (κ3) is 3.68. The average molecular weight is 392 g/mol. The van der Waals surface area contributed by atoms with Gasteiger partial charge < -0.3 is 19.5 Å². The van der Waals surface area contributed by atoms with E-state index in [1.54, 1.807) is 36.4 Å². The molecule has 24 heavy (non-hydrogen) atoms. The number of amides is 1. The maximum absolute atomic E-state index is 12.0. The van der Waals surface area contributed by atoms with Crippen LogP contribution in [-0.2, 0) is 4.79 Å². The Morgan fingerprint density at radius 3 is 2.75 bits per heavy atom. The van der Waals surface area contributed by atoms with E-state index in [1.165, 1.54) is 6.92 Å². The first-order chi connectivity index (χ1) is 11.5. The molecule has 0 aliphatic carbocycles. The van der Waals surface area contributed by atoms with Crippen molar-refractivity contribution < 1.29 is 23.8 Å². The number of anilines is 1. The molecule has 0 atom stereocenters. The largest absolute Gasteiger partial charge is 0.483 e. The molecule has 0 saturated carbocycles. The highest BCUT2D eigenvalue weighted by Crippen LogP contribution is 2.34. The second-order valence-electron chi connectivity index (χ2n) is 5.10. The van der Waals surface area contributed by atoms with E-state index < -0.39 is 0 Å². The third-order valence-corrected chi connectivity index (χ3v) is 3.83. The second-order valence-corrected chi connectivity index (χ2v) is 6.02. The fraction of sp³-hybridized carbons (Fsp3) is 0.176. The van der Waals surface area contributed by atoms with Gasteiger partial charge in [-0.1, -0.05) is 15.9 Å². The predicted molar refractivity (Wildman–Crippen MR) is 90.8 cm³/mol. The predicted octanol–water partition coefficient (Wildman–Crippen LogP) is 3.40. The van der Waals surface area contributed by atoms with Crippen LogP contribution in [0.2, 0.25) is 0 Å². The Labute approximate surface area is 146 Å². The molecule has 0 unspecified atom stereocenters. The number of nitrogens with one attached hydrogen (secondary N) is 1. The van der Waals surface area contributed by atoms with Gasteiger partial charge in [0.2, 0.25) is 6.79 Å². The Kier molecular flexibility index (Phi) is 4.71. The maximum atomic E-state index is 12.0. The number of carbonyl (C=O) groups excluding carboxylic acids is 2. The molecule has 3 rings (SSSR count). The van der Waals surface area contributed by atoms with Crippen LogP contribution in [-0.4, -0.2) is 25.1 Å². The molecule has 1 N–H and O–H groups in total. The van der Waals surface area contributed by atoms with Crippen LogP contribution in [0.3, 0.4) is 0 Å². The van der Waals surface area contributed by atoms with Gasteiger partial charge in [0.05, 0.1) is 5.56 Å². The zero-order valence-corrected chi connectivity index (χ0v) is 14.4. The van der Waals surface area contributed by atoms with Crippen LogP contribution in [0.1, 0.15) is 17.3 Å². The Morgan fingerprint density at radius 2 is 1.96 bits per heavy atom. The Balaban J connectivity index is 1.63. The minimum Gasteiger partial charge on any atom is -0.483 e. The quantitative estimate of drug-likeness (QED) is 0.790. The van der Waals surface area contributed by atoms with Crippen molar-refractivity contribution in [3.05, 3.63) is 46.4 Å². The molecule has 1 aliphatic rings. The summed E-state index contributed by atoms with van der Waals surface area (Å²) in [6.07, 6.45) is 0. The van der Waals surface area contributed by atoms with Crippen molar-refractivity contribution in [2.75, 3.05) is 18.7 Å². The number of halogens is 1. The minimum atomic E-state index is -0.341. The Morgan fingerprint density at radius 1 is 1.17 bits per heavy atom. The molecule has 0 aromatic heterocycles. The van der Waals surface area contributed by atoms with Crippen molar-refractivity contribution in [3.63, 3.8) is 0 Å². The van der Waals surface area contributed by atoms with Gasteiger partial charge in [0.25, 0.3) is 5.91 Å². The van der Waals surface area contributed by atoms with Crippen molar-refractivity contribution in [2.24, 2.45) is 0 Å². The van der Waals surface area contributed by atoms with Gasteiger partial charge in [0.1, 0.15) is 5.75 Å². The first kappa shape index (κ1) is 16.3. The number of hydrogen-bond acceptors (Lipinski definition) is 5. The lowest BCUT2D eigenvalue weighted by atomic mass is 10.1. The fourth-order valence-electron chi connectivity index (χ4n) is 2.22. The highest BCUT2D eigenvalue weighted by molar-refractivity contribution is 9.10. The summed E-state index contributed by atoms with van der Waals surface area (Å²) in [4.78, 5) is 23.7. The summed E-state index contributed by atoms with van der Waals surface area (Å²) in [5, 5.41) is 2.71. The van der Waals surface area contributed by atoms with Gasteiger partial charge in [0.15, 0.2) is 23.9 Å². The zero-order chi connectivity index (χ0) is 17.1. The van der Waals surface area contributed by atoms with Crippen LogP contribution in [0.4, 0.5) is 5.69 Å². The van der Waals surface area contributed by atoms with E-state index in [0.29, 0.717) is 28.5 Å². The van der Waals surface area contributed by atoms with Crippen LogP contribution in [0, 0.1) is 0 Å². The molecule has 124 valence electrons. The van der Waals surface area contributed by atoms with Gasteiger partial charge >= 0.3 is 0 Å². The van der Waals surface area contributed by atoms with Crippen molar-refractivity contribution in [3.8, 4) is 17.2 Å². The van der Waals surface area contributed by atoms with E-state index in [9.17, 15) is 9.59 Å². The van der Waals surface area contributed by atoms with Gasteiger partial charge in [-0.05, 0) is 37.3 Å². The highest BCUT2D eigenvalue weighted by Gasteiger charge is 2.15. The number of rotatable bonds is 5. The fourth-order valence-corrected chi connectivity index (χ4v) is 2.58. The van der Waals surface area contributed by atoms with E-state index in [1.807, 2.05) is 0 Å². The minimum absolute atomic E-state index is 0.137. The number of benzene rings is 2. The highest BCUT2D eigenvalue weighted by atomic mass is 79.9. The molecule has 6 nitrogen and oxygen atoms in total. The van der Waals surface area contributed by atoms with Crippen molar-refractivity contribution in [1.82, 2.24) is 0 Å². The molecule has 1 aliphatic heterocycles. The van der Waals surface area contributed by atoms with E-state index >= 15 is 0 Å². The molecule has 0 saturated heterocycles. The molecule has 0 radical (unpaired) electrons. The standard InChI is InChI=1S/C17H14BrNO5/c1-10(20)13-6-11(18)2-4-14(13)22-8-17(21)19-12-3-5-15-16(7-12)24-9-23-15/h2-7H,8-9H2,1H3,(H,19,21). The lowest BCUT2D eigenvalue weighted by molar-refractivity contribution is -0.118. The van der Waals surface area contributed by atoms with Gasteiger partial charge in [-0.3, -0.25) is 9.59 Å². The van der Waals surface area contributed by atoms with Crippen LogP contribution in [0.25, 0.3) is 0 Å². The zero-order valence-electron chi connectivity index (χ0n) is 12.8. The topological polar surface area (TPSA) is 73.9 Å². The summed E-state index contributed by atoms with van der Waals surface area (Å²) in [6, 6.07) is 10.2. The number of fused-ring (bicyclic) bond motifs is 1. The SMILES string of the molecule is CC(=O)c1cc(Br)ccc1OCC(=O)Nc1ccc2c(c1)OCO2. The monoisotopic (exact) mass is 391 g/mol. The number of ether oxygens (including phenoxy) is 3. The van der Waals surface area contributed by atoms with Gasteiger partial charge in [-0.15, -0.1) is 0 Å². The van der Waals surface area contributed by atoms with E-state index in [2.05, 4.69) is 21.2 Å². The smallest absolute Gasteiger partial charge is 0.262 e. The van der Waals surface area contributed by atoms with E-state index in [4.69, 9.17) is 14.2 Å². The first-order valence-corrected chi connectivity index (χ1v) is 7.95. The number of carbonyl (C=O) groups is 2. The number of ketones is 1. The number of Topliss-reactive ketones (excluding diaryl/α,β-unsaturated/α-hetero) is 1. The van der Waals surface area contributed by atoms with Crippen LogP contribution < -0.4 is 19.5 Å². The summed E-state index contributed by atoms with van der Waals surface area (Å²) in [5.41, 5.74) is 0.996. The maximum Gasteiger partial charge on any atom is 0.262 e. The molecule has 7 heteroatoms. The van der Waals surface area contributed by atoms with Crippen LogP contribution in [0.5, 0.6) is 17.2 Å². The summed E-state index contributed by atoms with van der Waals surface area (Å²) >= 11 is 3.30. The molecule has 2 aromatic rings. The van der Waals surface area contributed by atoms with Crippen molar-refractivity contribution >= 4 is 33.3 Å². The summed E-state index contributed by atoms with van der Waals surface area (Å²) in [6.45, 7) is 1.41. The van der Waals surface area contributed by atoms with Crippen LogP contribution in [0.15, 0.2) is 40.9 Å². The van der Waals surface area contributed by atoms with E-state index in [-0.39, 0.29) is 25.1 Å². The molecule has 0 fully saturated rings. The summed E-state index contributed by atoms with van der Waals surface area (Å²) in [5.74, 6) is 1.12. The van der Waals surface area contributed by atoms with Gasteiger partial charge in [-0.25, -0.2) is 0 Å². The Bertz CT molecular complexity index is 806. The lowest BCUT2D eigenvalue weighted by Gasteiger charge is -2.11. The van der Waals surface area contributed by atoms with E-state index in [0.717, 1.165) is 4.47 Å². The van der Waals surface area contributed by atoms with Crippen molar-refractivity contribution in [1.29, 1.82) is 0 Å². The molecule has 0 bridgehead atoms. The van der Waals surface area contributed by atoms with Gasteiger partial charge in [0, 0.05) is 16.2 Å².